The van der Waals surface area contributed by atoms with Crippen molar-refractivity contribution in [1.82, 2.24) is 15.1 Å². The Hall–Kier alpha value is -3.29. The predicted octanol–water partition coefficient (Wildman–Crippen LogP) is 4.74. The predicted molar refractivity (Wildman–Crippen MR) is 140 cm³/mol. The number of carbonyl (C=O) groups is 1. The minimum Gasteiger partial charge on any atom is -0.352 e. The van der Waals surface area contributed by atoms with Crippen LogP contribution in [0, 0.1) is 0 Å². The highest BCUT2D eigenvalue weighted by Gasteiger charge is 2.22. The van der Waals surface area contributed by atoms with Gasteiger partial charge in [-0.15, -0.1) is 5.10 Å². The molecule has 1 aliphatic heterocycles. The van der Waals surface area contributed by atoms with Gasteiger partial charge in [0.2, 0.25) is 5.91 Å². The van der Waals surface area contributed by atoms with E-state index < -0.39 is 0 Å². The number of benzene rings is 3. The van der Waals surface area contributed by atoms with Crippen LogP contribution in [0.2, 0.25) is 0 Å². The number of rotatable bonds is 6. The molecule has 0 radical (unpaired) electrons. The number of piperazine rings is 1. The summed E-state index contributed by atoms with van der Waals surface area (Å²) in [7, 11) is 0. The number of anilines is 2. The monoisotopic (exact) mass is 515 g/mol. The molecule has 6 nitrogen and oxygen atoms in total. The molecule has 0 aliphatic carbocycles. The SMILES string of the molecule is O=C(CN1CCN(c2nnc(Cc3ccccc3)c3ccccc23)CC1)Nc1ccc(Br)cc1. The van der Waals surface area contributed by atoms with E-state index in [9.17, 15) is 4.79 Å². The average Bonchev–Trinajstić information content (AvgIpc) is 2.87. The van der Waals surface area contributed by atoms with Gasteiger partial charge in [0, 0.05) is 53.5 Å². The Kier molecular flexibility index (Phi) is 6.83. The summed E-state index contributed by atoms with van der Waals surface area (Å²) in [4.78, 5) is 16.9. The molecule has 1 fully saturated rings. The maximum Gasteiger partial charge on any atom is 0.238 e. The zero-order valence-electron chi connectivity index (χ0n) is 18.8. The van der Waals surface area contributed by atoms with Crippen LogP contribution in [0.25, 0.3) is 10.8 Å². The van der Waals surface area contributed by atoms with E-state index in [-0.39, 0.29) is 5.91 Å². The molecule has 7 heteroatoms. The minimum absolute atomic E-state index is 0.00581. The highest BCUT2D eigenvalue weighted by Crippen LogP contribution is 2.28. The quantitative estimate of drug-likeness (QED) is 0.401. The molecule has 1 amide bonds. The van der Waals surface area contributed by atoms with Crippen LogP contribution in [0.1, 0.15) is 11.3 Å². The third-order valence-corrected chi connectivity index (χ3v) is 6.65. The van der Waals surface area contributed by atoms with Crippen molar-refractivity contribution in [1.29, 1.82) is 0 Å². The summed E-state index contributed by atoms with van der Waals surface area (Å²) in [5.41, 5.74) is 3.03. The first-order valence-corrected chi connectivity index (χ1v) is 12.3. The molecule has 34 heavy (non-hydrogen) atoms. The first kappa shape index (κ1) is 22.5. The summed E-state index contributed by atoms with van der Waals surface area (Å²) in [6.07, 6.45) is 0.760. The standard InChI is InChI=1S/C27H26BrN5O/c28-21-10-12-22(13-11-21)29-26(34)19-32-14-16-33(17-15-32)27-24-9-5-4-8-23(24)25(30-31-27)18-20-6-2-1-3-7-20/h1-13H,14-19H2,(H,29,34). The van der Waals surface area contributed by atoms with Gasteiger partial charge in [0.25, 0.3) is 0 Å². The topological polar surface area (TPSA) is 61.4 Å². The van der Waals surface area contributed by atoms with Crippen molar-refractivity contribution in [3.63, 3.8) is 0 Å². The number of carbonyl (C=O) groups excluding carboxylic acids is 1. The maximum absolute atomic E-state index is 12.5. The molecule has 4 aromatic rings. The van der Waals surface area contributed by atoms with Gasteiger partial charge in [0.05, 0.1) is 12.2 Å². The average molecular weight is 516 g/mol. The van der Waals surface area contributed by atoms with Crippen molar-refractivity contribution < 1.29 is 4.79 Å². The van der Waals surface area contributed by atoms with Crippen molar-refractivity contribution in [3.05, 3.63) is 94.6 Å². The Morgan fingerprint density at radius 2 is 1.50 bits per heavy atom. The summed E-state index contributed by atoms with van der Waals surface area (Å²) in [6, 6.07) is 26.4. The number of nitrogens with one attached hydrogen (secondary N) is 1. The lowest BCUT2D eigenvalue weighted by molar-refractivity contribution is -0.117. The second kappa shape index (κ2) is 10.3. The molecule has 1 saturated heterocycles. The van der Waals surface area contributed by atoms with Gasteiger partial charge in [0.15, 0.2) is 5.82 Å². The molecule has 1 N–H and O–H groups in total. The largest absolute Gasteiger partial charge is 0.352 e. The van der Waals surface area contributed by atoms with Crippen molar-refractivity contribution in [2.24, 2.45) is 0 Å². The summed E-state index contributed by atoms with van der Waals surface area (Å²) in [5, 5.41) is 14.5. The van der Waals surface area contributed by atoms with E-state index in [2.05, 4.69) is 89.8 Å². The van der Waals surface area contributed by atoms with E-state index in [1.54, 1.807) is 0 Å². The molecule has 1 aromatic heterocycles. The highest BCUT2D eigenvalue weighted by molar-refractivity contribution is 9.10. The van der Waals surface area contributed by atoms with E-state index in [4.69, 9.17) is 0 Å². The number of amides is 1. The molecule has 1 aliphatic rings. The first-order chi connectivity index (χ1) is 16.7. The summed E-state index contributed by atoms with van der Waals surface area (Å²) in [6.45, 7) is 3.60. The number of nitrogens with zero attached hydrogens (tertiary/aromatic N) is 4. The zero-order valence-corrected chi connectivity index (χ0v) is 20.4. The Labute approximate surface area is 207 Å². The van der Waals surface area contributed by atoms with Crippen molar-refractivity contribution in [2.75, 3.05) is 42.9 Å². The van der Waals surface area contributed by atoms with Crippen LogP contribution in [-0.4, -0.2) is 53.7 Å². The summed E-state index contributed by atoms with van der Waals surface area (Å²) >= 11 is 3.41. The van der Waals surface area contributed by atoms with E-state index in [0.717, 1.165) is 65.0 Å². The summed E-state index contributed by atoms with van der Waals surface area (Å²) in [5.74, 6) is 0.928. The summed E-state index contributed by atoms with van der Waals surface area (Å²) < 4.78 is 0.991. The Morgan fingerprint density at radius 1 is 0.824 bits per heavy atom. The lowest BCUT2D eigenvalue weighted by atomic mass is 10.0. The molecule has 172 valence electrons. The number of aromatic nitrogens is 2. The van der Waals surface area contributed by atoms with Crippen LogP contribution >= 0.6 is 15.9 Å². The lowest BCUT2D eigenvalue weighted by Crippen LogP contribution is -2.49. The van der Waals surface area contributed by atoms with Gasteiger partial charge < -0.3 is 10.2 Å². The van der Waals surface area contributed by atoms with Gasteiger partial charge in [0.1, 0.15) is 0 Å². The van der Waals surface area contributed by atoms with Gasteiger partial charge in [-0.25, -0.2) is 0 Å². The van der Waals surface area contributed by atoms with Crippen LogP contribution in [0.4, 0.5) is 11.5 Å². The third-order valence-electron chi connectivity index (χ3n) is 6.13. The molecule has 0 atom stereocenters. The van der Waals surface area contributed by atoms with E-state index in [1.165, 1.54) is 5.56 Å². The molecular weight excluding hydrogens is 490 g/mol. The molecular formula is C27H26BrN5O. The molecule has 0 saturated carbocycles. The Balaban J connectivity index is 1.24. The van der Waals surface area contributed by atoms with Gasteiger partial charge >= 0.3 is 0 Å². The molecule has 5 rings (SSSR count). The van der Waals surface area contributed by atoms with Crippen LogP contribution in [0.5, 0.6) is 0 Å². The van der Waals surface area contributed by atoms with Crippen LogP contribution < -0.4 is 10.2 Å². The smallest absolute Gasteiger partial charge is 0.238 e. The molecule has 0 unspecified atom stereocenters. The van der Waals surface area contributed by atoms with Crippen molar-refractivity contribution in [3.8, 4) is 0 Å². The van der Waals surface area contributed by atoms with Gasteiger partial charge in [-0.2, -0.15) is 5.10 Å². The molecule has 0 spiro atoms. The Morgan fingerprint density at radius 3 is 2.24 bits per heavy atom. The zero-order chi connectivity index (χ0) is 23.3. The number of fused-ring (bicyclic) bond motifs is 1. The van der Waals surface area contributed by atoms with Gasteiger partial charge in [-0.05, 0) is 29.8 Å². The third kappa shape index (κ3) is 5.26. The second-order valence-corrected chi connectivity index (χ2v) is 9.41. The molecule has 3 aromatic carbocycles. The van der Waals surface area contributed by atoms with Gasteiger partial charge in [-0.3, -0.25) is 9.69 Å². The van der Waals surface area contributed by atoms with E-state index >= 15 is 0 Å². The normalized spacial score (nSPS) is 14.3. The lowest BCUT2D eigenvalue weighted by Gasteiger charge is -2.35. The molecule has 2 heterocycles. The first-order valence-electron chi connectivity index (χ1n) is 11.5. The van der Waals surface area contributed by atoms with E-state index in [0.29, 0.717) is 6.54 Å². The number of hydrogen-bond donors (Lipinski definition) is 1. The number of hydrogen-bond acceptors (Lipinski definition) is 5. The van der Waals surface area contributed by atoms with Crippen LogP contribution in [-0.2, 0) is 11.2 Å². The van der Waals surface area contributed by atoms with Crippen molar-refractivity contribution >= 4 is 44.1 Å². The van der Waals surface area contributed by atoms with Crippen LogP contribution in [0.15, 0.2) is 83.3 Å². The van der Waals surface area contributed by atoms with E-state index in [1.807, 2.05) is 30.3 Å². The van der Waals surface area contributed by atoms with Crippen molar-refractivity contribution in [2.45, 2.75) is 6.42 Å². The fourth-order valence-corrected chi connectivity index (χ4v) is 4.62. The second-order valence-electron chi connectivity index (χ2n) is 8.50. The Bertz CT molecular complexity index is 1270. The fourth-order valence-electron chi connectivity index (χ4n) is 4.35. The maximum atomic E-state index is 12.5. The number of halogens is 1. The van der Waals surface area contributed by atoms with Gasteiger partial charge in [-0.1, -0.05) is 70.5 Å². The highest BCUT2D eigenvalue weighted by atomic mass is 79.9. The van der Waals surface area contributed by atoms with Crippen LogP contribution in [0.3, 0.4) is 0 Å². The molecule has 0 bridgehead atoms. The fraction of sp³-hybridized carbons (Fsp3) is 0.222. The minimum atomic E-state index is 0.00581.